The van der Waals surface area contributed by atoms with Gasteiger partial charge in [-0.05, 0) is 12.8 Å². The molecule has 0 spiro atoms. The number of hydrogen-bond acceptors (Lipinski definition) is 5. The third kappa shape index (κ3) is 3.01. The summed E-state index contributed by atoms with van der Waals surface area (Å²) in [4.78, 5) is 30.0. The van der Waals surface area contributed by atoms with Gasteiger partial charge >= 0.3 is 5.97 Å². The Balaban J connectivity index is 2.00. The van der Waals surface area contributed by atoms with E-state index in [0.29, 0.717) is 6.61 Å². The van der Waals surface area contributed by atoms with E-state index in [1.807, 2.05) is 0 Å². The van der Waals surface area contributed by atoms with Gasteiger partial charge in [0.2, 0.25) is 5.91 Å². The van der Waals surface area contributed by atoms with Crippen LogP contribution in [0.15, 0.2) is 12.4 Å². The maximum atomic E-state index is 11.7. The molecule has 0 bridgehead atoms. The Labute approximate surface area is 103 Å². The number of hydrogen-bond donors (Lipinski definition) is 2. The first-order valence-electron chi connectivity index (χ1n) is 5.62. The van der Waals surface area contributed by atoms with Gasteiger partial charge in [0.15, 0.2) is 11.5 Å². The maximum absolute atomic E-state index is 11.7. The van der Waals surface area contributed by atoms with Crippen molar-refractivity contribution in [2.75, 3.05) is 11.9 Å². The first-order chi connectivity index (χ1) is 8.66. The van der Waals surface area contributed by atoms with Crippen LogP contribution in [0.2, 0.25) is 0 Å². The molecule has 0 radical (unpaired) electrons. The zero-order valence-corrected chi connectivity index (χ0v) is 9.63. The Hall–Kier alpha value is -2.02. The summed E-state index contributed by atoms with van der Waals surface area (Å²) in [5.41, 5.74) is -0.266. The van der Waals surface area contributed by atoms with E-state index >= 15 is 0 Å². The molecular weight excluding hydrogens is 238 g/mol. The maximum Gasteiger partial charge on any atom is 0.358 e. The summed E-state index contributed by atoms with van der Waals surface area (Å²) in [6, 6.07) is 0. The first kappa shape index (κ1) is 12.4. The number of carboxylic acids is 1. The van der Waals surface area contributed by atoms with Crippen LogP contribution >= 0.6 is 0 Å². The lowest BCUT2D eigenvalue weighted by Crippen LogP contribution is -2.21. The van der Waals surface area contributed by atoms with E-state index in [2.05, 4.69) is 15.3 Å². The van der Waals surface area contributed by atoms with Crippen LogP contribution in [0.3, 0.4) is 0 Å². The summed E-state index contributed by atoms with van der Waals surface area (Å²) < 4.78 is 5.33. The van der Waals surface area contributed by atoms with Gasteiger partial charge < -0.3 is 15.2 Å². The average molecular weight is 251 g/mol. The second kappa shape index (κ2) is 5.54. The average Bonchev–Trinajstić information content (AvgIpc) is 2.82. The van der Waals surface area contributed by atoms with E-state index in [0.717, 1.165) is 12.8 Å². The normalized spacial score (nSPS) is 18.6. The fourth-order valence-electron chi connectivity index (χ4n) is 1.78. The van der Waals surface area contributed by atoms with Crippen LogP contribution in [-0.2, 0) is 9.53 Å². The van der Waals surface area contributed by atoms with Crippen LogP contribution in [0.25, 0.3) is 0 Å². The standard InChI is InChI=1S/C11H13N3O4/c15-8(6-7-2-1-5-18-7)14-10-9(11(16)17)12-3-4-13-10/h3-4,7H,1-2,5-6H2,(H,16,17)(H,13,14,15). The molecule has 18 heavy (non-hydrogen) atoms. The summed E-state index contributed by atoms with van der Waals surface area (Å²) in [6.07, 6.45) is 4.50. The Morgan fingerprint density at radius 1 is 1.44 bits per heavy atom. The second-order valence-electron chi connectivity index (χ2n) is 3.95. The fraction of sp³-hybridized carbons (Fsp3) is 0.455. The molecule has 2 heterocycles. The molecule has 1 aromatic heterocycles. The second-order valence-corrected chi connectivity index (χ2v) is 3.95. The van der Waals surface area contributed by atoms with Crippen molar-refractivity contribution < 1.29 is 19.4 Å². The van der Waals surface area contributed by atoms with Gasteiger partial charge in [0.25, 0.3) is 0 Å². The summed E-state index contributed by atoms with van der Waals surface area (Å²) in [5, 5.41) is 11.3. The van der Waals surface area contributed by atoms with Gasteiger partial charge in [0.1, 0.15) is 0 Å². The van der Waals surface area contributed by atoms with E-state index in [9.17, 15) is 9.59 Å². The topological polar surface area (TPSA) is 101 Å². The van der Waals surface area contributed by atoms with Crippen LogP contribution in [-0.4, -0.2) is 39.7 Å². The molecule has 0 saturated carbocycles. The molecule has 0 aromatic carbocycles. The number of anilines is 1. The van der Waals surface area contributed by atoms with E-state index in [1.165, 1.54) is 12.4 Å². The Kier molecular flexibility index (Phi) is 3.83. The number of nitrogens with zero attached hydrogens (tertiary/aromatic N) is 2. The van der Waals surface area contributed by atoms with Crippen molar-refractivity contribution in [3.63, 3.8) is 0 Å². The van der Waals surface area contributed by atoms with Crippen LogP contribution in [0.5, 0.6) is 0 Å². The number of ether oxygens (including phenoxy) is 1. The molecule has 1 aliphatic rings. The molecule has 1 saturated heterocycles. The molecule has 1 aliphatic heterocycles. The third-order valence-electron chi connectivity index (χ3n) is 2.60. The first-order valence-corrected chi connectivity index (χ1v) is 5.62. The fourth-order valence-corrected chi connectivity index (χ4v) is 1.78. The van der Waals surface area contributed by atoms with Crippen molar-refractivity contribution in [2.45, 2.75) is 25.4 Å². The highest BCUT2D eigenvalue weighted by Gasteiger charge is 2.21. The molecule has 7 nitrogen and oxygen atoms in total. The summed E-state index contributed by atoms with van der Waals surface area (Å²) in [7, 11) is 0. The Morgan fingerprint density at radius 2 is 2.22 bits per heavy atom. The monoisotopic (exact) mass is 251 g/mol. The molecule has 1 amide bonds. The number of carbonyl (C=O) groups excluding carboxylic acids is 1. The number of carboxylic acid groups (broad SMARTS) is 1. The number of rotatable bonds is 4. The molecule has 2 N–H and O–H groups in total. The molecule has 1 atom stereocenters. The van der Waals surface area contributed by atoms with Gasteiger partial charge in [0.05, 0.1) is 12.5 Å². The highest BCUT2D eigenvalue weighted by molar-refractivity contribution is 5.97. The molecule has 96 valence electrons. The quantitative estimate of drug-likeness (QED) is 0.816. The van der Waals surface area contributed by atoms with Gasteiger partial charge in [-0.1, -0.05) is 0 Å². The van der Waals surface area contributed by atoms with Gasteiger partial charge in [-0.25, -0.2) is 14.8 Å². The number of carbonyl (C=O) groups is 2. The zero-order valence-electron chi connectivity index (χ0n) is 9.63. The molecule has 1 unspecified atom stereocenters. The van der Waals surface area contributed by atoms with E-state index in [4.69, 9.17) is 9.84 Å². The number of nitrogens with one attached hydrogen (secondary N) is 1. The van der Waals surface area contributed by atoms with Crippen molar-refractivity contribution in [3.8, 4) is 0 Å². The van der Waals surface area contributed by atoms with Gasteiger partial charge in [-0.2, -0.15) is 0 Å². The summed E-state index contributed by atoms with van der Waals surface area (Å²) in [6.45, 7) is 0.670. The molecule has 1 aromatic rings. The smallest absolute Gasteiger partial charge is 0.358 e. The lowest BCUT2D eigenvalue weighted by Gasteiger charge is -2.10. The van der Waals surface area contributed by atoms with Gasteiger partial charge in [0, 0.05) is 19.0 Å². The van der Waals surface area contributed by atoms with E-state index < -0.39 is 5.97 Å². The van der Waals surface area contributed by atoms with Gasteiger partial charge in [-0.15, -0.1) is 0 Å². The minimum Gasteiger partial charge on any atom is -0.476 e. The Bertz CT molecular complexity index is 457. The largest absolute Gasteiger partial charge is 0.476 e. The van der Waals surface area contributed by atoms with E-state index in [-0.39, 0.29) is 29.9 Å². The number of aromatic carboxylic acids is 1. The predicted molar refractivity (Wildman–Crippen MR) is 61.2 cm³/mol. The van der Waals surface area contributed by atoms with Crippen LogP contribution in [0.4, 0.5) is 5.82 Å². The summed E-state index contributed by atoms with van der Waals surface area (Å²) in [5.74, 6) is -1.58. The van der Waals surface area contributed by atoms with Crippen LogP contribution in [0.1, 0.15) is 29.8 Å². The SMILES string of the molecule is O=C(CC1CCCO1)Nc1nccnc1C(=O)O. The predicted octanol–water partition coefficient (Wildman–Crippen LogP) is 0.682. The van der Waals surface area contributed by atoms with Crippen LogP contribution in [0, 0.1) is 0 Å². The lowest BCUT2D eigenvalue weighted by molar-refractivity contribution is -0.118. The number of amides is 1. The van der Waals surface area contributed by atoms with Crippen LogP contribution < -0.4 is 5.32 Å². The minimum atomic E-state index is -1.23. The van der Waals surface area contributed by atoms with Crippen molar-refractivity contribution in [3.05, 3.63) is 18.1 Å². The van der Waals surface area contributed by atoms with E-state index in [1.54, 1.807) is 0 Å². The van der Waals surface area contributed by atoms with Crippen molar-refractivity contribution in [2.24, 2.45) is 0 Å². The Morgan fingerprint density at radius 3 is 2.89 bits per heavy atom. The highest BCUT2D eigenvalue weighted by atomic mass is 16.5. The molecule has 7 heteroatoms. The lowest BCUT2D eigenvalue weighted by atomic mass is 10.2. The van der Waals surface area contributed by atoms with Crippen molar-refractivity contribution in [1.82, 2.24) is 9.97 Å². The molecule has 0 aliphatic carbocycles. The molecule has 2 rings (SSSR count). The molecule has 1 fully saturated rings. The highest BCUT2D eigenvalue weighted by Crippen LogP contribution is 2.16. The van der Waals surface area contributed by atoms with Crippen molar-refractivity contribution in [1.29, 1.82) is 0 Å². The van der Waals surface area contributed by atoms with Crippen molar-refractivity contribution >= 4 is 17.7 Å². The minimum absolute atomic E-state index is 0.0343. The zero-order chi connectivity index (χ0) is 13.0. The molecular formula is C11H13N3O4. The summed E-state index contributed by atoms with van der Waals surface area (Å²) >= 11 is 0. The number of aromatic nitrogens is 2. The van der Waals surface area contributed by atoms with Gasteiger partial charge in [-0.3, -0.25) is 4.79 Å². The third-order valence-corrected chi connectivity index (χ3v) is 2.60.